The van der Waals surface area contributed by atoms with Crippen LogP contribution >= 0.6 is 0 Å². The average molecular weight is 380 g/mol. The third-order valence-corrected chi connectivity index (χ3v) is 4.31. The van der Waals surface area contributed by atoms with Crippen molar-refractivity contribution >= 4 is 28.1 Å². The van der Waals surface area contributed by atoms with Crippen LogP contribution in [0.1, 0.15) is 5.56 Å². The number of nitro groups is 1. The molecule has 28 heavy (non-hydrogen) atoms. The van der Waals surface area contributed by atoms with Gasteiger partial charge in [0.05, 0.1) is 30.6 Å². The van der Waals surface area contributed by atoms with E-state index in [2.05, 4.69) is 5.32 Å². The normalized spacial score (nSPS) is 11.8. The summed E-state index contributed by atoms with van der Waals surface area (Å²) in [5.41, 5.74) is 1.60. The summed E-state index contributed by atoms with van der Waals surface area (Å²) in [6.07, 6.45) is 0. The van der Waals surface area contributed by atoms with Gasteiger partial charge < -0.3 is 14.8 Å². The number of methoxy groups -OCH3 is 1. The van der Waals surface area contributed by atoms with Gasteiger partial charge in [0, 0.05) is 17.1 Å². The molecule has 3 aromatic rings. The molecular weight excluding hydrogens is 360 g/mol. The molecular formula is C21H20N2O5. The van der Waals surface area contributed by atoms with E-state index in [1.807, 2.05) is 30.3 Å². The van der Waals surface area contributed by atoms with E-state index in [4.69, 9.17) is 9.47 Å². The Bertz CT molecular complexity index is 975. The highest BCUT2D eigenvalue weighted by molar-refractivity contribution is 6.00. The SMILES string of the molecule is COC(=O)[C@H](COCc1ccccc1)Nc1ccc([N+](=O)[O-])c2ccccc12. The van der Waals surface area contributed by atoms with Gasteiger partial charge in [-0.3, -0.25) is 10.1 Å². The second-order valence-corrected chi connectivity index (χ2v) is 6.16. The molecule has 3 rings (SSSR count). The first-order valence-corrected chi connectivity index (χ1v) is 8.72. The quantitative estimate of drug-likeness (QED) is 0.362. The van der Waals surface area contributed by atoms with Crippen LogP contribution in [0.2, 0.25) is 0 Å². The highest BCUT2D eigenvalue weighted by atomic mass is 16.6. The topological polar surface area (TPSA) is 90.7 Å². The fourth-order valence-corrected chi connectivity index (χ4v) is 2.94. The molecule has 1 N–H and O–H groups in total. The molecule has 0 radical (unpaired) electrons. The van der Waals surface area contributed by atoms with Gasteiger partial charge in [0.25, 0.3) is 5.69 Å². The molecule has 0 unspecified atom stereocenters. The number of esters is 1. The van der Waals surface area contributed by atoms with Crippen molar-refractivity contribution in [1.82, 2.24) is 0 Å². The van der Waals surface area contributed by atoms with Gasteiger partial charge in [-0.05, 0) is 17.7 Å². The first kappa shape index (κ1) is 19.3. The number of hydrogen-bond donors (Lipinski definition) is 1. The number of nitro benzene ring substituents is 1. The summed E-state index contributed by atoms with van der Waals surface area (Å²) in [4.78, 5) is 23.0. The van der Waals surface area contributed by atoms with Gasteiger partial charge in [-0.15, -0.1) is 0 Å². The molecule has 7 nitrogen and oxygen atoms in total. The first-order chi connectivity index (χ1) is 13.6. The Balaban J connectivity index is 1.80. The zero-order chi connectivity index (χ0) is 19.9. The summed E-state index contributed by atoms with van der Waals surface area (Å²) in [7, 11) is 1.31. The Morgan fingerprint density at radius 2 is 1.71 bits per heavy atom. The van der Waals surface area contributed by atoms with Crippen LogP contribution in [-0.2, 0) is 20.9 Å². The van der Waals surface area contributed by atoms with Crippen molar-refractivity contribution in [3.8, 4) is 0 Å². The Morgan fingerprint density at radius 3 is 2.39 bits per heavy atom. The smallest absolute Gasteiger partial charge is 0.330 e. The van der Waals surface area contributed by atoms with E-state index in [-0.39, 0.29) is 12.3 Å². The van der Waals surface area contributed by atoms with Crippen LogP contribution < -0.4 is 5.32 Å². The standard InChI is InChI=1S/C21H20N2O5/c1-27-21(24)19(14-28-13-15-7-3-2-4-8-15)22-18-11-12-20(23(25)26)17-10-6-5-9-16(17)18/h2-12,19,22H,13-14H2,1H3/t19-/m0/s1. The number of carbonyl (C=O) groups excluding carboxylic acids is 1. The summed E-state index contributed by atoms with van der Waals surface area (Å²) in [5, 5.41) is 15.5. The van der Waals surface area contributed by atoms with Gasteiger partial charge in [0.2, 0.25) is 0 Å². The van der Waals surface area contributed by atoms with Gasteiger partial charge in [-0.1, -0.05) is 48.5 Å². The van der Waals surface area contributed by atoms with Crippen molar-refractivity contribution in [1.29, 1.82) is 0 Å². The average Bonchev–Trinajstić information content (AvgIpc) is 2.73. The Labute approximate surface area is 162 Å². The predicted molar refractivity (Wildman–Crippen MR) is 106 cm³/mol. The number of benzene rings is 3. The summed E-state index contributed by atoms with van der Waals surface area (Å²) in [6, 6.07) is 18.8. The fourth-order valence-electron chi connectivity index (χ4n) is 2.94. The highest BCUT2D eigenvalue weighted by Gasteiger charge is 2.22. The number of fused-ring (bicyclic) bond motifs is 1. The Morgan fingerprint density at radius 1 is 1.04 bits per heavy atom. The van der Waals surface area contributed by atoms with Crippen LogP contribution in [0.25, 0.3) is 10.8 Å². The van der Waals surface area contributed by atoms with Crippen molar-refractivity contribution in [2.24, 2.45) is 0 Å². The Hall–Kier alpha value is -3.45. The van der Waals surface area contributed by atoms with E-state index in [0.717, 1.165) is 5.56 Å². The maximum Gasteiger partial charge on any atom is 0.330 e. The molecule has 0 bridgehead atoms. The number of ether oxygens (including phenoxy) is 2. The van der Waals surface area contributed by atoms with Gasteiger partial charge >= 0.3 is 5.97 Å². The number of carbonyl (C=O) groups is 1. The number of rotatable bonds is 8. The molecule has 3 aromatic carbocycles. The molecule has 7 heteroatoms. The van der Waals surface area contributed by atoms with Crippen LogP contribution in [-0.4, -0.2) is 30.7 Å². The van der Waals surface area contributed by atoms with Crippen molar-refractivity contribution in [3.63, 3.8) is 0 Å². The van der Waals surface area contributed by atoms with E-state index >= 15 is 0 Å². The van der Waals surface area contributed by atoms with E-state index in [1.54, 1.807) is 30.3 Å². The Kier molecular flexibility index (Phi) is 6.18. The van der Waals surface area contributed by atoms with Gasteiger partial charge in [0.15, 0.2) is 0 Å². The molecule has 0 aliphatic carbocycles. The number of nitrogens with one attached hydrogen (secondary N) is 1. The lowest BCUT2D eigenvalue weighted by Gasteiger charge is -2.19. The van der Waals surface area contributed by atoms with Crippen molar-refractivity contribution in [3.05, 3.63) is 82.4 Å². The number of anilines is 1. The number of hydrogen-bond acceptors (Lipinski definition) is 6. The van der Waals surface area contributed by atoms with Crippen LogP contribution in [0.3, 0.4) is 0 Å². The molecule has 0 saturated heterocycles. The number of nitrogens with zero attached hydrogens (tertiary/aromatic N) is 1. The van der Waals surface area contributed by atoms with Crippen LogP contribution in [0.4, 0.5) is 11.4 Å². The van der Waals surface area contributed by atoms with Crippen LogP contribution in [0.15, 0.2) is 66.7 Å². The molecule has 1 atom stereocenters. The van der Waals surface area contributed by atoms with E-state index in [0.29, 0.717) is 23.1 Å². The highest BCUT2D eigenvalue weighted by Crippen LogP contribution is 2.31. The second-order valence-electron chi connectivity index (χ2n) is 6.16. The fraction of sp³-hybridized carbons (Fsp3) is 0.190. The van der Waals surface area contributed by atoms with Crippen LogP contribution in [0, 0.1) is 10.1 Å². The van der Waals surface area contributed by atoms with Crippen molar-refractivity contribution in [2.45, 2.75) is 12.6 Å². The maximum atomic E-state index is 12.2. The minimum absolute atomic E-state index is 0.0103. The summed E-state index contributed by atoms with van der Waals surface area (Å²) < 4.78 is 10.6. The molecule has 0 spiro atoms. The lowest BCUT2D eigenvalue weighted by atomic mass is 10.1. The van der Waals surface area contributed by atoms with E-state index < -0.39 is 16.9 Å². The van der Waals surface area contributed by atoms with Crippen molar-refractivity contribution < 1.29 is 19.2 Å². The van der Waals surface area contributed by atoms with E-state index in [9.17, 15) is 14.9 Å². The maximum absolute atomic E-state index is 12.2. The molecule has 0 saturated carbocycles. The molecule has 0 aliphatic heterocycles. The lowest BCUT2D eigenvalue weighted by Crippen LogP contribution is -2.35. The third-order valence-electron chi connectivity index (χ3n) is 4.31. The minimum atomic E-state index is -0.751. The van der Waals surface area contributed by atoms with Gasteiger partial charge in [-0.2, -0.15) is 0 Å². The predicted octanol–water partition coefficient (Wildman–Crippen LogP) is 3.92. The molecule has 0 amide bonds. The first-order valence-electron chi connectivity index (χ1n) is 8.72. The van der Waals surface area contributed by atoms with E-state index in [1.165, 1.54) is 13.2 Å². The lowest BCUT2D eigenvalue weighted by molar-refractivity contribution is -0.383. The largest absolute Gasteiger partial charge is 0.467 e. The molecule has 144 valence electrons. The molecule has 0 fully saturated rings. The summed E-state index contributed by atoms with van der Waals surface area (Å²) >= 11 is 0. The molecule has 0 aromatic heterocycles. The van der Waals surface area contributed by atoms with Crippen molar-refractivity contribution in [2.75, 3.05) is 19.0 Å². The zero-order valence-corrected chi connectivity index (χ0v) is 15.3. The summed E-state index contributed by atoms with van der Waals surface area (Å²) in [6.45, 7) is 0.448. The molecule has 0 aliphatic rings. The summed E-state index contributed by atoms with van der Waals surface area (Å²) in [5.74, 6) is -0.476. The second kappa shape index (κ2) is 8.96. The van der Waals surface area contributed by atoms with Crippen LogP contribution in [0.5, 0.6) is 0 Å². The monoisotopic (exact) mass is 380 g/mol. The third kappa shape index (κ3) is 4.44. The van der Waals surface area contributed by atoms with Gasteiger partial charge in [-0.25, -0.2) is 4.79 Å². The van der Waals surface area contributed by atoms with Gasteiger partial charge in [0.1, 0.15) is 6.04 Å². The zero-order valence-electron chi connectivity index (χ0n) is 15.3. The number of non-ortho nitro benzene ring substituents is 1. The minimum Gasteiger partial charge on any atom is -0.467 e. The molecule has 0 heterocycles.